The molecule has 23 heavy (non-hydrogen) atoms. The van der Waals surface area contributed by atoms with Crippen molar-refractivity contribution in [2.75, 3.05) is 13.3 Å². The molecule has 0 aliphatic rings. The normalized spacial score (nSPS) is 13.3. The summed E-state index contributed by atoms with van der Waals surface area (Å²) >= 11 is 0. The smallest absolute Gasteiger partial charge is 0.250 e. The van der Waals surface area contributed by atoms with Crippen molar-refractivity contribution in [3.63, 3.8) is 0 Å². The molecule has 0 radical (unpaired) electrons. The largest absolute Gasteiger partial charge is 0.319 e. The zero-order valence-electron chi connectivity index (χ0n) is 13.9. The van der Waals surface area contributed by atoms with Crippen LogP contribution in [0.1, 0.15) is 24.1 Å². The van der Waals surface area contributed by atoms with E-state index in [1.54, 1.807) is 31.4 Å². The third-order valence-electron chi connectivity index (χ3n) is 4.05. The monoisotopic (exact) mass is 334 g/mol. The third-order valence-corrected chi connectivity index (χ3v) is 5.18. The molecule has 0 N–H and O–H groups in total. The van der Waals surface area contributed by atoms with Gasteiger partial charge in [0.05, 0.1) is 4.90 Å². The molecule has 0 amide bonds. The van der Waals surface area contributed by atoms with Crippen molar-refractivity contribution in [2.24, 2.45) is 7.05 Å². The molecule has 0 saturated carbocycles. The van der Waals surface area contributed by atoms with Crippen molar-refractivity contribution in [1.82, 2.24) is 9.47 Å². The van der Waals surface area contributed by atoms with Crippen LogP contribution in [0.5, 0.6) is 0 Å². The summed E-state index contributed by atoms with van der Waals surface area (Å²) in [5.41, 5.74) is 1.96. The molecular formula is C17H22N2O3S. The van der Waals surface area contributed by atoms with E-state index in [1.165, 1.54) is 10.8 Å². The second kappa shape index (κ2) is 6.68. The summed E-state index contributed by atoms with van der Waals surface area (Å²) in [6.07, 6.45) is 2.96. The summed E-state index contributed by atoms with van der Waals surface area (Å²) in [6, 6.07) is 10.6. The number of pyridine rings is 1. The Morgan fingerprint density at radius 2 is 1.78 bits per heavy atom. The second-order valence-electron chi connectivity index (χ2n) is 5.92. The van der Waals surface area contributed by atoms with E-state index < -0.39 is 9.84 Å². The minimum absolute atomic E-state index is 0.0268. The maximum atomic E-state index is 11.7. The first-order chi connectivity index (χ1) is 10.7. The lowest BCUT2D eigenvalue weighted by Crippen LogP contribution is -2.24. The fourth-order valence-electron chi connectivity index (χ4n) is 2.36. The fraction of sp³-hybridized carbons (Fsp3) is 0.353. The molecule has 1 atom stereocenters. The Balaban J connectivity index is 2.14. The number of hydrogen-bond acceptors (Lipinski definition) is 4. The maximum Gasteiger partial charge on any atom is 0.250 e. The van der Waals surface area contributed by atoms with Gasteiger partial charge in [-0.2, -0.15) is 0 Å². The van der Waals surface area contributed by atoms with Crippen LogP contribution in [-0.2, 0) is 23.4 Å². The second-order valence-corrected chi connectivity index (χ2v) is 7.93. The molecule has 0 aliphatic carbocycles. The predicted octanol–water partition coefficient (Wildman–Crippen LogP) is 1.98. The average molecular weight is 334 g/mol. The molecule has 1 aromatic heterocycles. The van der Waals surface area contributed by atoms with Crippen LogP contribution in [0, 0.1) is 0 Å². The van der Waals surface area contributed by atoms with Crippen molar-refractivity contribution in [1.29, 1.82) is 0 Å². The molecule has 2 rings (SSSR count). The molecule has 1 heterocycles. The number of hydrogen-bond donors (Lipinski definition) is 0. The molecule has 0 spiro atoms. The quantitative estimate of drug-likeness (QED) is 0.839. The van der Waals surface area contributed by atoms with E-state index in [1.807, 2.05) is 25.2 Å². The Morgan fingerprint density at radius 1 is 1.17 bits per heavy atom. The Kier molecular flexibility index (Phi) is 5.06. The predicted molar refractivity (Wildman–Crippen MR) is 91.1 cm³/mol. The summed E-state index contributed by atoms with van der Waals surface area (Å²) in [4.78, 5) is 14.1. The molecule has 2 aromatic rings. The van der Waals surface area contributed by atoms with Gasteiger partial charge in [0.25, 0.3) is 5.56 Å². The van der Waals surface area contributed by atoms with Crippen molar-refractivity contribution >= 4 is 9.84 Å². The van der Waals surface area contributed by atoms with Crippen LogP contribution >= 0.6 is 0 Å². The molecule has 6 heteroatoms. The lowest BCUT2D eigenvalue weighted by Gasteiger charge is -2.25. The third kappa shape index (κ3) is 4.30. The first-order valence-corrected chi connectivity index (χ1v) is 9.23. The molecule has 0 bridgehead atoms. The van der Waals surface area contributed by atoms with Gasteiger partial charge >= 0.3 is 0 Å². The van der Waals surface area contributed by atoms with E-state index in [0.29, 0.717) is 11.4 Å². The van der Waals surface area contributed by atoms with Gasteiger partial charge in [-0.05, 0) is 43.3 Å². The SMILES string of the molecule is C[C@@H](c1ccc(S(C)(=O)=O)cc1)N(C)Cc1ccn(C)c(=O)c1. The number of sulfone groups is 1. The summed E-state index contributed by atoms with van der Waals surface area (Å²) in [6.45, 7) is 2.70. The van der Waals surface area contributed by atoms with Crippen LogP contribution in [0.25, 0.3) is 0 Å². The van der Waals surface area contributed by atoms with Crippen molar-refractivity contribution in [3.05, 3.63) is 64.1 Å². The van der Waals surface area contributed by atoms with Gasteiger partial charge in [-0.1, -0.05) is 12.1 Å². The van der Waals surface area contributed by atoms with E-state index in [4.69, 9.17) is 0 Å². The van der Waals surface area contributed by atoms with Crippen LogP contribution in [0.3, 0.4) is 0 Å². The summed E-state index contributed by atoms with van der Waals surface area (Å²) in [5, 5.41) is 0. The zero-order chi connectivity index (χ0) is 17.2. The highest BCUT2D eigenvalue weighted by Crippen LogP contribution is 2.22. The van der Waals surface area contributed by atoms with Crippen LogP contribution in [0.15, 0.2) is 52.3 Å². The first kappa shape index (κ1) is 17.4. The lowest BCUT2D eigenvalue weighted by molar-refractivity contribution is 0.253. The van der Waals surface area contributed by atoms with Crippen LogP contribution in [0.4, 0.5) is 0 Å². The van der Waals surface area contributed by atoms with Crippen LogP contribution < -0.4 is 5.56 Å². The number of benzene rings is 1. The average Bonchev–Trinajstić information content (AvgIpc) is 2.49. The van der Waals surface area contributed by atoms with E-state index in [-0.39, 0.29) is 11.6 Å². The molecule has 0 aliphatic heterocycles. The number of nitrogens with zero attached hydrogens (tertiary/aromatic N) is 2. The standard InChI is InChI=1S/C17H22N2O3S/c1-13(15-5-7-16(8-6-15)23(4,21)22)19(3)12-14-9-10-18(2)17(20)11-14/h5-11,13H,12H2,1-4H3/t13-/m0/s1. The van der Waals surface area contributed by atoms with Crippen LogP contribution in [0.2, 0.25) is 0 Å². The van der Waals surface area contributed by atoms with Gasteiger partial charge in [-0.15, -0.1) is 0 Å². The molecule has 0 saturated heterocycles. The highest BCUT2D eigenvalue weighted by atomic mass is 32.2. The van der Waals surface area contributed by atoms with Gasteiger partial charge in [-0.3, -0.25) is 9.69 Å². The topological polar surface area (TPSA) is 59.4 Å². The van der Waals surface area contributed by atoms with Gasteiger partial charge in [0.2, 0.25) is 0 Å². The summed E-state index contributed by atoms with van der Waals surface area (Å²) < 4.78 is 24.6. The van der Waals surface area contributed by atoms with Crippen LogP contribution in [-0.4, -0.2) is 31.2 Å². The van der Waals surface area contributed by atoms with E-state index >= 15 is 0 Å². The Bertz CT molecular complexity index is 839. The van der Waals surface area contributed by atoms with Gasteiger partial charge in [0, 0.05) is 38.2 Å². The molecule has 124 valence electrons. The number of aromatic nitrogens is 1. The van der Waals surface area contributed by atoms with E-state index in [2.05, 4.69) is 11.8 Å². The van der Waals surface area contributed by atoms with Gasteiger partial charge in [0.1, 0.15) is 0 Å². The van der Waals surface area contributed by atoms with E-state index in [9.17, 15) is 13.2 Å². The first-order valence-electron chi connectivity index (χ1n) is 7.34. The van der Waals surface area contributed by atoms with Gasteiger partial charge < -0.3 is 4.57 Å². The highest BCUT2D eigenvalue weighted by Gasteiger charge is 2.14. The summed E-state index contributed by atoms with van der Waals surface area (Å²) in [5.74, 6) is 0. The van der Waals surface area contributed by atoms with Gasteiger partial charge in [0.15, 0.2) is 9.84 Å². The van der Waals surface area contributed by atoms with Crippen molar-refractivity contribution in [3.8, 4) is 0 Å². The maximum absolute atomic E-state index is 11.7. The summed E-state index contributed by atoms with van der Waals surface area (Å²) in [7, 11) is 0.529. The van der Waals surface area contributed by atoms with Crippen molar-refractivity contribution in [2.45, 2.75) is 24.4 Å². The number of aryl methyl sites for hydroxylation is 1. The lowest BCUT2D eigenvalue weighted by atomic mass is 10.1. The molecule has 0 fully saturated rings. The Morgan fingerprint density at radius 3 is 2.30 bits per heavy atom. The Labute approximate surface area is 137 Å². The van der Waals surface area contributed by atoms with E-state index in [0.717, 1.165) is 11.1 Å². The number of rotatable bonds is 5. The van der Waals surface area contributed by atoms with Crippen molar-refractivity contribution < 1.29 is 8.42 Å². The zero-order valence-corrected chi connectivity index (χ0v) is 14.7. The van der Waals surface area contributed by atoms with Gasteiger partial charge in [-0.25, -0.2) is 8.42 Å². The minimum atomic E-state index is -3.17. The molecule has 1 aromatic carbocycles. The fourth-order valence-corrected chi connectivity index (χ4v) is 2.99. The minimum Gasteiger partial charge on any atom is -0.319 e. The Hall–Kier alpha value is -1.92. The molecular weight excluding hydrogens is 312 g/mol. The molecule has 5 nitrogen and oxygen atoms in total. The highest BCUT2D eigenvalue weighted by molar-refractivity contribution is 7.90. The molecule has 0 unspecified atom stereocenters.